The number of carbonyl (C=O) groups excluding carboxylic acids is 2. The molecule has 112 valence electrons. The number of carbonyl (C=O) groups is 2. The second-order valence-electron chi connectivity index (χ2n) is 6.74. The van der Waals surface area contributed by atoms with Crippen LogP contribution in [-0.2, 0) is 9.59 Å². The van der Waals surface area contributed by atoms with Crippen LogP contribution in [-0.4, -0.2) is 60.4 Å². The summed E-state index contributed by atoms with van der Waals surface area (Å²) in [6.45, 7) is 0.702. The lowest BCUT2D eigenvalue weighted by Gasteiger charge is -2.39. The number of hydrogen-bond donors (Lipinski definition) is 1. The highest BCUT2D eigenvalue weighted by Gasteiger charge is 2.48. The van der Waals surface area contributed by atoms with E-state index in [1.165, 1.54) is 19.3 Å². The maximum Gasteiger partial charge on any atom is 0.246 e. The van der Waals surface area contributed by atoms with Gasteiger partial charge in [-0.05, 0) is 39.3 Å². The standard InChI is InChI=1S/C15H25N3O2/c1-17(2)11-8-12-14(19)16-13(15(20)18(12)9-11)10-6-4-3-5-7-10/h10-13H,3-9H2,1-2H3,(H,16,19)/t11-,12+,13+/m1/s1. The Morgan fingerprint density at radius 3 is 2.50 bits per heavy atom. The molecule has 0 spiro atoms. The van der Waals surface area contributed by atoms with E-state index in [1.807, 2.05) is 19.0 Å². The third-order valence-corrected chi connectivity index (χ3v) is 5.28. The van der Waals surface area contributed by atoms with Crippen molar-refractivity contribution in [1.82, 2.24) is 15.1 Å². The van der Waals surface area contributed by atoms with Crippen LogP contribution < -0.4 is 5.32 Å². The maximum atomic E-state index is 12.7. The molecule has 0 aromatic rings. The summed E-state index contributed by atoms with van der Waals surface area (Å²) in [5, 5.41) is 3.02. The van der Waals surface area contributed by atoms with E-state index in [0.717, 1.165) is 19.3 Å². The molecule has 3 fully saturated rings. The van der Waals surface area contributed by atoms with E-state index in [1.54, 1.807) is 0 Å². The van der Waals surface area contributed by atoms with E-state index >= 15 is 0 Å². The number of likely N-dealkylation sites (N-methyl/N-ethyl adjacent to an activating group) is 1. The first-order chi connectivity index (χ1) is 9.58. The molecule has 0 radical (unpaired) electrons. The van der Waals surface area contributed by atoms with Crippen LogP contribution in [0.25, 0.3) is 0 Å². The minimum absolute atomic E-state index is 0.0597. The van der Waals surface area contributed by atoms with Gasteiger partial charge in [0.15, 0.2) is 0 Å². The van der Waals surface area contributed by atoms with Crippen LogP contribution in [0.5, 0.6) is 0 Å². The molecule has 5 heteroatoms. The molecule has 2 amide bonds. The summed E-state index contributed by atoms with van der Waals surface area (Å²) in [5.41, 5.74) is 0. The maximum absolute atomic E-state index is 12.7. The summed E-state index contributed by atoms with van der Waals surface area (Å²) in [5.74, 6) is 0.565. The van der Waals surface area contributed by atoms with Crippen LogP contribution >= 0.6 is 0 Å². The summed E-state index contributed by atoms with van der Waals surface area (Å²) in [6.07, 6.45) is 6.56. The number of piperazine rings is 1. The summed E-state index contributed by atoms with van der Waals surface area (Å²) < 4.78 is 0. The SMILES string of the molecule is CN(C)[C@@H]1C[C@H]2C(=O)N[C@@H](C3CCCCC3)C(=O)N2C1. The predicted octanol–water partition coefficient (Wildman–Crippen LogP) is 0.596. The van der Waals surface area contributed by atoms with E-state index in [2.05, 4.69) is 10.2 Å². The molecule has 2 heterocycles. The van der Waals surface area contributed by atoms with Crippen molar-refractivity contribution in [3.8, 4) is 0 Å². The largest absolute Gasteiger partial charge is 0.342 e. The Labute approximate surface area is 120 Å². The van der Waals surface area contributed by atoms with Crippen molar-refractivity contribution in [1.29, 1.82) is 0 Å². The van der Waals surface area contributed by atoms with Gasteiger partial charge in [0.2, 0.25) is 11.8 Å². The van der Waals surface area contributed by atoms with E-state index in [4.69, 9.17) is 0 Å². The molecule has 0 unspecified atom stereocenters. The van der Waals surface area contributed by atoms with Gasteiger partial charge in [0.25, 0.3) is 0 Å². The highest BCUT2D eigenvalue weighted by molar-refractivity contribution is 5.97. The quantitative estimate of drug-likeness (QED) is 0.805. The summed E-state index contributed by atoms with van der Waals surface area (Å²) in [4.78, 5) is 29.0. The van der Waals surface area contributed by atoms with Crippen LogP contribution in [0.15, 0.2) is 0 Å². The molecule has 2 saturated heterocycles. The van der Waals surface area contributed by atoms with Gasteiger partial charge < -0.3 is 15.1 Å². The fourth-order valence-corrected chi connectivity index (χ4v) is 3.96. The minimum atomic E-state index is -0.264. The fourth-order valence-electron chi connectivity index (χ4n) is 3.96. The lowest BCUT2D eigenvalue weighted by Crippen LogP contribution is -2.63. The monoisotopic (exact) mass is 279 g/mol. The normalized spacial score (nSPS) is 35.4. The second-order valence-corrected chi connectivity index (χ2v) is 6.74. The van der Waals surface area contributed by atoms with Crippen molar-refractivity contribution in [3.63, 3.8) is 0 Å². The third kappa shape index (κ3) is 2.32. The number of amides is 2. The Morgan fingerprint density at radius 2 is 1.85 bits per heavy atom. The minimum Gasteiger partial charge on any atom is -0.342 e. The molecule has 1 N–H and O–H groups in total. The van der Waals surface area contributed by atoms with E-state index in [-0.39, 0.29) is 23.9 Å². The molecule has 3 atom stereocenters. The van der Waals surface area contributed by atoms with Crippen molar-refractivity contribution in [2.24, 2.45) is 5.92 Å². The number of nitrogens with zero attached hydrogens (tertiary/aromatic N) is 2. The average Bonchev–Trinajstić information content (AvgIpc) is 2.90. The topological polar surface area (TPSA) is 52.7 Å². The molecular weight excluding hydrogens is 254 g/mol. The lowest BCUT2D eigenvalue weighted by atomic mass is 9.82. The van der Waals surface area contributed by atoms with E-state index < -0.39 is 0 Å². The van der Waals surface area contributed by atoms with Crippen molar-refractivity contribution >= 4 is 11.8 Å². The predicted molar refractivity (Wildman–Crippen MR) is 76.1 cm³/mol. The molecule has 0 aromatic heterocycles. The number of hydrogen-bond acceptors (Lipinski definition) is 3. The van der Waals surface area contributed by atoms with Gasteiger partial charge in [0, 0.05) is 12.6 Å². The van der Waals surface area contributed by atoms with Crippen molar-refractivity contribution in [2.45, 2.75) is 56.7 Å². The first-order valence-electron chi connectivity index (χ1n) is 7.85. The average molecular weight is 279 g/mol. The zero-order chi connectivity index (χ0) is 14.3. The van der Waals surface area contributed by atoms with Crippen LogP contribution in [0.2, 0.25) is 0 Å². The molecule has 0 aromatic carbocycles. The van der Waals surface area contributed by atoms with Crippen LogP contribution in [0.4, 0.5) is 0 Å². The van der Waals surface area contributed by atoms with Gasteiger partial charge in [-0.2, -0.15) is 0 Å². The van der Waals surface area contributed by atoms with E-state index in [0.29, 0.717) is 18.5 Å². The van der Waals surface area contributed by atoms with Crippen LogP contribution in [0.1, 0.15) is 38.5 Å². The molecule has 5 nitrogen and oxygen atoms in total. The Hall–Kier alpha value is -1.10. The Morgan fingerprint density at radius 1 is 1.15 bits per heavy atom. The van der Waals surface area contributed by atoms with Gasteiger partial charge in [-0.3, -0.25) is 9.59 Å². The van der Waals surface area contributed by atoms with Crippen molar-refractivity contribution < 1.29 is 9.59 Å². The molecule has 2 aliphatic heterocycles. The van der Waals surface area contributed by atoms with Gasteiger partial charge in [-0.25, -0.2) is 0 Å². The lowest BCUT2D eigenvalue weighted by molar-refractivity contribution is -0.149. The Kier molecular flexibility index (Phi) is 3.71. The third-order valence-electron chi connectivity index (χ3n) is 5.28. The first-order valence-corrected chi connectivity index (χ1v) is 7.85. The zero-order valence-electron chi connectivity index (χ0n) is 12.5. The molecule has 3 aliphatic rings. The molecule has 1 aliphatic carbocycles. The molecule has 3 rings (SSSR count). The van der Waals surface area contributed by atoms with Gasteiger partial charge in [0.1, 0.15) is 12.1 Å². The van der Waals surface area contributed by atoms with Crippen LogP contribution in [0.3, 0.4) is 0 Å². The zero-order valence-corrected chi connectivity index (χ0v) is 12.5. The van der Waals surface area contributed by atoms with Gasteiger partial charge in [0.05, 0.1) is 0 Å². The van der Waals surface area contributed by atoms with Gasteiger partial charge in [-0.15, -0.1) is 0 Å². The molecule has 1 saturated carbocycles. The van der Waals surface area contributed by atoms with Crippen molar-refractivity contribution in [3.05, 3.63) is 0 Å². The number of nitrogens with one attached hydrogen (secondary N) is 1. The van der Waals surface area contributed by atoms with Gasteiger partial charge in [-0.1, -0.05) is 19.3 Å². The number of rotatable bonds is 2. The summed E-state index contributed by atoms with van der Waals surface area (Å²) >= 11 is 0. The fraction of sp³-hybridized carbons (Fsp3) is 0.867. The summed E-state index contributed by atoms with van der Waals surface area (Å²) in [7, 11) is 4.04. The smallest absolute Gasteiger partial charge is 0.246 e. The summed E-state index contributed by atoms with van der Waals surface area (Å²) in [6, 6.07) is -0.200. The molecular formula is C15H25N3O2. The number of fused-ring (bicyclic) bond motifs is 1. The second kappa shape index (κ2) is 5.35. The molecule has 20 heavy (non-hydrogen) atoms. The van der Waals surface area contributed by atoms with Crippen molar-refractivity contribution in [2.75, 3.05) is 20.6 Å². The first kappa shape index (κ1) is 13.9. The Balaban J connectivity index is 1.74. The van der Waals surface area contributed by atoms with E-state index in [9.17, 15) is 9.59 Å². The highest BCUT2D eigenvalue weighted by atomic mass is 16.2. The van der Waals surface area contributed by atoms with Gasteiger partial charge >= 0.3 is 0 Å². The Bertz CT molecular complexity index is 404. The van der Waals surface area contributed by atoms with Crippen LogP contribution in [0, 0.1) is 5.92 Å². The highest BCUT2D eigenvalue weighted by Crippen LogP contribution is 2.32. The molecule has 0 bridgehead atoms.